The fourth-order valence-electron chi connectivity index (χ4n) is 4.32. The highest BCUT2D eigenvalue weighted by Crippen LogP contribution is 2.32. The van der Waals surface area contributed by atoms with Crippen LogP contribution in [0.4, 0.5) is 38.0 Å². The molecule has 11 nitrogen and oxygen atoms in total. The summed E-state index contributed by atoms with van der Waals surface area (Å²) in [6.07, 6.45) is -5.86. The molecule has 1 atom stereocenters. The zero-order valence-electron chi connectivity index (χ0n) is 24.9. The van der Waals surface area contributed by atoms with Gasteiger partial charge in [0.2, 0.25) is 11.9 Å². The number of nitrogens with one attached hydrogen (secondary N) is 2. The molecule has 18 heteroatoms. The summed E-state index contributed by atoms with van der Waals surface area (Å²) in [5.74, 6) is -0.278. The predicted octanol–water partition coefficient (Wildman–Crippen LogP) is 4.54. The number of rotatable bonds is 13. The maximum atomic E-state index is 13.8. The molecule has 1 aliphatic heterocycles. The van der Waals surface area contributed by atoms with Crippen molar-refractivity contribution >= 4 is 25.6 Å². The van der Waals surface area contributed by atoms with Gasteiger partial charge in [-0.25, -0.2) is 20.1 Å². The molecule has 0 aliphatic carbocycles. The quantitative estimate of drug-likeness (QED) is 0.139. The van der Waals surface area contributed by atoms with Crippen LogP contribution in [0.1, 0.15) is 37.3 Å². The van der Waals surface area contributed by atoms with E-state index in [1.165, 1.54) is 6.92 Å². The van der Waals surface area contributed by atoms with Gasteiger partial charge in [-0.05, 0) is 31.7 Å². The van der Waals surface area contributed by atoms with Crippen molar-refractivity contribution < 1.29 is 40.7 Å². The van der Waals surface area contributed by atoms with E-state index in [1.54, 1.807) is 4.90 Å². The van der Waals surface area contributed by atoms with Crippen molar-refractivity contribution in [1.82, 2.24) is 25.2 Å². The van der Waals surface area contributed by atoms with Gasteiger partial charge in [-0.1, -0.05) is 19.6 Å². The third-order valence-electron chi connectivity index (χ3n) is 6.80. The summed E-state index contributed by atoms with van der Waals surface area (Å²) in [4.78, 5) is 39.4. The van der Waals surface area contributed by atoms with Gasteiger partial charge in [-0.3, -0.25) is 14.4 Å². The lowest BCUT2D eigenvalue weighted by Crippen LogP contribution is -2.38. The molecule has 0 bridgehead atoms. The first-order valence-corrected chi connectivity index (χ1v) is 17.7. The van der Waals surface area contributed by atoms with E-state index in [-0.39, 0.29) is 24.9 Å². The van der Waals surface area contributed by atoms with Crippen LogP contribution in [0.25, 0.3) is 0 Å². The summed E-state index contributed by atoms with van der Waals surface area (Å²) in [6.45, 7) is 8.46. The van der Waals surface area contributed by atoms with Crippen molar-refractivity contribution in [3.8, 4) is 0 Å². The standard InChI is InChI=1S/C26H37F6N7O4Si/c1-17(36-20-14-35-39(16-42-9-10-44(2,3)4)23(41)22(20)26(30,31)32)15-43-37-21(40)11-18-5-7-38(8-6-18)24-33-12-19(13-34-24)25(27,28)29/h12-14,17-18,36H,5-11,15-16H2,1-4H3,(H,37,40)/t17-/m0/s1. The first-order chi connectivity index (χ1) is 20.4. The molecule has 246 valence electrons. The molecule has 0 spiro atoms. The number of anilines is 2. The Bertz CT molecular complexity index is 1290. The van der Waals surface area contributed by atoms with E-state index in [2.05, 4.69) is 45.5 Å². The lowest BCUT2D eigenvalue weighted by atomic mass is 9.93. The lowest BCUT2D eigenvalue weighted by molar-refractivity contribution is -0.139. The van der Waals surface area contributed by atoms with Crippen molar-refractivity contribution in [2.45, 2.75) is 77.0 Å². The van der Waals surface area contributed by atoms with Gasteiger partial charge in [0.1, 0.15) is 12.3 Å². The van der Waals surface area contributed by atoms with Gasteiger partial charge in [-0.15, -0.1) is 0 Å². The van der Waals surface area contributed by atoms with Crippen LogP contribution in [-0.2, 0) is 33.5 Å². The van der Waals surface area contributed by atoms with Gasteiger partial charge in [0.05, 0.1) is 24.1 Å². The number of hydroxylamine groups is 1. The number of nitrogens with zero attached hydrogens (tertiary/aromatic N) is 5. The van der Waals surface area contributed by atoms with Gasteiger partial charge in [0.15, 0.2) is 0 Å². The van der Waals surface area contributed by atoms with E-state index in [9.17, 15) is 35.9 Å². The Labute approximate surface area is 251 Å². The van der Waals surface area contributed by atoms with E-state index in [4.69, 9.17) is 9.57 Å². The van der Waals surface area contributed by atoms with Crippen molar-refractivity contribution in [2.75, 3.05) is 36.5 Å². The Balaban J connectivity index is 1.44. The number of piperidine rings is 1. The fraction of sp³-hybridized carbons (Fsp3) is 0.654. The summed E-state index contributed by atoms with van der Waals surface area (Å²) in [6, 6.07) is 0.0377. The molecule has 1 amide bonds. The normalized spacial score (nSPS) is 15.7. The zero-order valence-corrected chi connectivity index (χ0v) is 25.9. The van der Waals surface area contributed by atoms with Crippen LogP contribution in [0.3, 0.4) is 0 Å². The van der Waals surface area contributed by atoms with Gasteiger partial charge in [-0.2, -0.15) is 31.4 Å². The molecule has 1 aliphatic rings. The first-order valence-electron chi connectivity index (χ1n) is 14.0. The Morgan fingerprint density at radius 1 is 1.07 bits per heavy atom. The molecule has 0 saturated carbocycles. The van der Waals surface area contributed by atoms with Gasteiger partial charge in [0.25, 0.3) is 5.56 Å². The molecule has 1 fully saturated rings. The number of halogens is 6. The molecule has 3 rings (SSSR count). The number of amides is 1. The average Bonchev–Trinajstić information content (AvgIpc) is 2.91. The molecule has 0 aromatic carbocycles. The number of carbonyl (C=O) groups excluding carboxylic acids is 1. The predicted molar refractivity (Wildman–Crippen MR) is 151 cm³/mol. The maximum absolute atomic E-state index is 13.8. The third-order valence-corrected chi connectivity index (χ3v) is 8.50. The molecule has 1 saturated heterocycles. The van der Waals surface area contributed by atoms with Crippen LogP contribution < -0.4 is 21.3 Å². The summed E-state index contributed by atoms with van der Waals surface area (Å²) in [5.41, 5.74) is -1.93. The third kappa shape index (κ3) is 10.7. The van der Waals surface area contributed by atoms with E-state index in [0.717, 1.165) is 24.6 Å². The van der Waals surface area contributed by atoms with E-state index < -0.39 is 61.5 Å². The molecule has 0 radical (unpaired) electrons. The second-order valence-corrected chi connectivity index (χ2v) is 17.5. The van der Waals surface area contributed by atoms with Crippen molar-refractivity contribution in [1.29, 1.82) is 0 Å². The minimum Gasteiger partial charge on any atom is -0.378 e. The Morgan fingerprint density at radius 3 is 2.27 bits per heavy atom. The Kier molecular flexibility index (Phi) is 11.8. The number of hydrogen-bond donors (Lipinski definition) is 2. The van der Waals surface area contributed by atoms with E-state index in [1.807, 2.05) is 0 Å². The van der Waals surface area contributed by atoms with Crippen molar-refractivity contribution in [2.24, 2.45) is 5.92 Å². The van der Waals surface area contributed by atoms with Gasteiger partial charge >= 0.3 is 12.4 Å². The van der Waals surface area contributed by atoms with Crippen LogP contribution in [-0.4, -0.2) is 66.1 Å². The second-order valence-electron chi connectivity index (χ2n) is 11.9. The average molecular weight is 654 g/mol. The topological polar surface area (TPSA) is 124 Å². The van der Waals surface area contributed by atoms with Crippen LogP contribution >= 0.6 is 0 Å². The lowest BCUT2D eigenvalue weighted by Gasteiger charge is -2.31. The molecule has 44 heavy (non-hydrogen) atoms. The molecular formula is C26H37F6N7O4Si. The molecule has 3 heterocycles. The highest BCUT2D eigenvalue weighted by Gasteiger charge is 2.38. The van der Waals surface area contributed by atoms with Crippen LogP contribution in [0.2, 0.25) is 25.7 Å². The monoisotopic (exact) mass is 653 g/mol. The van der Waals surface area contributed by atoms with Crippen LogP contribution in [0.15, 0.2) is 23.4 Å². The molecule has 2 aromatic rings. The molecule has 2 aromatic heterocycles. The van der Waals surface area contributed by atoms with Crippen molar-refractivity contribution in [3.63, 3.8) is 0 Å². The molecule has 0 unspecified atom stereocenters. The number of alkyl halides is 6. The first kappa shape index (κ1) is 35.2. The summed E-state index contributed by atoms with van der Waals surface area (Å²) < 4.78 is 85.5. The molecular weight excluding hydrogens is 616 g/mol. The smallest absolute Gasteiger partial charge is 0.378 e. The number of aromatic nitrogens is 4. The van der Waals surface area contributed by atoms with E-state index in [0.29, 0.717) is 37.2 Å². The van der Waals surface area contributed by atoms with Crippen LogP contribution in [0, 0.1) is 5.92 Å². The maximum Gasteiger partial charge on any atom is 0.423 e. The Hall–Kier alpha value is -3.25. The number of hydrogen-bond acceptors (Lipinski definition) is 9. The zero-order chi connectivity index (χ0) is 32.7. The number of ether oxygens (including phenoxy) is 1. The minimum atomic E-state index is -4.95. The molecule has 2 N–H and O–H groups in total. The summed E-state index contributed by atoms with van der Waals surface area (Å²) in [7, 11) is -1.42. The summed E-state index contributed by atoms with van der Waals surface area (Å²) in [5, 5.41) is 6.38. The summed E-state index contributed by atoms with van der Waals surface area (Å²) >= 11 is 0. The van der Waals surface area contributed by atoms with Crippen molar-refractivity contribution in [3.05, 3.63) is 40.1 Å². The second kappa shape index (κ2) is 14.7. The van der Waals surface area contributed by atoms with E-state index >= 15 is 0 Å². The largest absolute Gasteiger partial charge is 0.423 e. The van der Waals surface area contributed by atoms with Crippen LogP contribution in [0.5, 0.6) is 0 Å². The highest BCUT2D eigenvalue weighted by molar-refractivity contribution is 6.76. The van der Waals surface area contributed by atoms with Gasteiger partial charge < -0.3 is 15.0 Å². The van der Waals surface area contributed by atoms with Gasteiger partial charge in [0, 0.05) is 52.6 Å². The highest BCUT2D eigenvalue weighted by atomic mass is 28.3. The minimum absolute atomic E-state index is 0.0220. The Morgan fingerprint density at radius 2 is 1.70 bits per heavy atom. The fourth-order valence-corrected chi connectivity index (χ4v) is 5.08. The number of carbonyl (C=O) groups is 1. The SMILES string of the molecule is C[C@@H](CONC(=O)CC1CCN(c2ncc(C(F)(F)F)cn2)CC1)Nc1cnn(COCC[Si](C)(C)C)c(=O)c1C(F)(F)F.